The van der Waals surface area contributed by atoms with E-state index in [0.717, 1.165) is 10.5 Å². The summed E-state index contributed by atoms with van der Waals surface area (Å²) in [5.41, 5.74) is 1.73. The number of amides is 3. The Morgan fingerprint density at radius 1 is 1.10 bits per heavy atom. The zero-order chi connectivity index (χ0) is 29.1. The summed E-state index contributed by atoms with van der Waals surface area (Å²) in [6.07, 6.45) is -3.91. The van der Waals surface area contributed by atoms with E-state index in [2.05, 4.69) is 20.8 Å². The fourth-order valence-electron chi connectivity index (χ4n) is 5.31. The second kappa shape index (κ2) is 11.6. The van der Waals surface area contributed by atoms with E-state index in [1.165, 1.54) is 19.2 Å². The number of halogens is 3. The van der Waals surface area contributed by atoms with Crippen molar-refractivity contribution in [2.24, 2.45) is 0 Å². The van der Waals surface area contributed by atoms with E-state index in [9.17, 15) is 27.6 Å². The van der Waals surface area contributed by atoms with Gasteiger partial charge in [0.25, 0.3) is 5.82 Å². The molecule has 0 spiro atoms. The highest BCUT2D eigenvalue weighted by Gasteiger charge is 2.39. The first-order chi connectivity index (χ1) is 19.7. The van der Waals surface area contributed by atoms with Gasteiger partial charge < -0.3 is 15.0 Å². The summed E-state index contributed by atoms with van der Waals surface area (Å²) in [5.74, 6) is -1.83. The third kappa shape index (κ3) is 6.06. The average Bonchev–Trinajstić information content (AvgIpc) is 3.59. The summed E-state index contributed by atoms with van der Waals surface area (Å²) in [6, 6.07) is 14.1. The summed E-state index contributed by atoms with van der Waals surface area (Å²) in [7, 11) is 1.48. The molecule has 0 bridgehead atoms. The maximum atomic E-state index is 13.4. The van der Waals surface area contributed by atoms with Gasteiger partial charge in [0, 0.05) is 50.0 Å². The molecule has 2 saturated heterocycles. The molecule has 5 rings (SSSR count). The summed E-state index contributed by atoms with van der Waals surface area (Å²) in [6.45, 7) is 0.776. The fraction of sp³-hybridized carbons (Fsp3) is 0.407. The lowest BCUT2D eigenvalue weighted by molar-refractivity contribution is -0.146. The average molecular weight is 572 g/mol. The van der Waals surface area contributed by atoms with Crippen molar-refractivity contribution in [1.29, 1.82) is 0 Å². The molecular weight excluding hydrogens is 543 g/mol. The topological polar surface area (TPSA) is 123 Å². The van der Waals surface area contributed by atoms with Gasteiger partial charge in [0.2, 0.25) is 17.7 Å². The molecule has 11 nitrogen and oxygen atoms in total. The number of benzene rings is 2. The van der Waals surface area contributed by atoms with Gasteiger partial charge in [0.15, 0.2) is 0 Å². The molecule has 2 aliphatic heterocycles. The smallest absolute Gasteiger partial charge is 0.453 e. The Hall–Kier alpha value is -4.33. The monoisotopic (exact) mass is 571 g/mol. The second-order valence-corrected chi connectivity index (χ2v) is 9.91. The van der Waals surface area contributed by atoms with Crippen LogP contribution < -0.4 is 10.1 Å². The molecule has 0 aliphatic carbocycles. The van der Waals surface area contributed by atoms with Gasteiger partial charge in [0.1, 0.15) is 12.3 Å². The van der Waals surface area contributed by atoms with E-state index in [-0.39, 0.29) is 61.3 Å². The third-order valence-corrected chi connectivity index (χ3v) is 7.43. The van der Waals surface area contributed by atoms with Crippen LogP contribution in [0.2, 0.25) is 0 Å². The minimum absolute atomic E-state index is 0.0939. The zero-order valence-electron chi connectivity index (χ0n) is 22.2. The van der Waals surface area contributed by atoms with Gasteiger partial charge in [-0.25, -0.2) is 0 Å². The van der Waals surface area contributed by atoms with E-state index >= 15 is 0 Å². The van der Waals surface area contributed by atoms with Gasteiger partial charge in [-0.3, -0.25) is 19.3 Å². The normalized spacial score (nSPS) is 19.6. The number of carbonyl (C=O) groups is 3. The lowest BCUT2D eigenvalue weighted by atomic mass is 9.85. The highest BCUT2D eigenvalue weighted by Crippen LogP contribution is 2.31. The van der Waals surface area contributed by atoms with E-state index in [1.54, 1.807) is 11.0 Å². The molecule has 2 aliphatic rings. The lowest BCUT2D eigenvalue weighted by Crippen LogP contribution is -2.52. The molecular formula is C27H28F3N7O4. The van der Waals surface area contributed by atoms with Crippen LogP contribution in [0.25, 0.3) is 5.69 Å². The first-order valence-corrected chi connectivity index (χ1v) is 13.1. The Balaban J connectivity index is 1.34. The number of tetrazole rings is 1. The van der Waals surface area contributed by atoms with Crippen molar-refractivity contribution in [2.75, 3.05) is 26.7 Å². The first-order valence-electron chi connectivity index (χ1n) is 13.1. The zero-order valence-corrected chi connectivity index (χ0v) is 22.2. The second-order valence-electron chi connectivity index (χ2n) is 9.91. The Bertz CT molecular complexity index is 1410. The molecule has 1 aromatic heterocycles. The van der Waals surface area contributed by atoms with Crippen molar-refractivity contribution >= 4 is 17.7 Å². The van der Waals surface area contributed by atoms with Crippen LogP contribution in [0.5, 0.6) is 5.75 Å². The van der Waals surface area contributed by atoms with Crippen LogP contribution in [0.3, 0.4) is 0 Å². The van der Waals surface area contributed by atoms with Crippen LogP contribution in [0.15, 0.2) is 48.5 Å². The van der Waals surface area contributed by atoms with E-state index in [4.69, 9.17) is 4.74 Å². The first kappa shape index (κ1) is 28.2. The molecule has 3 aromatic rings. The SMILES string of the molecule is COc1ccc(-n2nnnc2C(F)(F)F)cc1CN[C@H]1CCN(C(=O)CN2C(=O)CCC2=O)C[C@H]1c1ccccc1. The maximum Gasteiger partial charge on any atom is 0.453 e. The van der Waals surface area contributed by atoms with Gasteiger partial charge in [-0.1, -0.05) is 30.3 Å². The lowest BCUT2D eigenvalue weighted by Gasteiger charge is -2.40. The van der Waals surface area contributed by atoms with Crippen LogP contribution in [-0.4, -0.2) is 80.5 Å². The van der Waals surface area contributed by atoms with Crippen molar-refractivity contribution in [3.63, 3.8) is 0 Å². The summed E-state index contributed by atoms with van der Waals surface area (Å²) >= 11 is 0. The standard InChI is InChI=1S/C27H28F3N7O4/c1-41-22-8-7-19(37-26(27(28,29)30)32-33-34-37)13-18(22)14-31-21-11-12-35(15-20(21)17-5-3-2-4-6-17)25(40)16-36-23(38)9-10-24(36)39/h2-8,13,20-21,31H,9-12,14-16H2,1H3/t20-,21-/m0/s1. The number of methoxy groups -OCH3 is 1. The predicted molar refractivity (Wildman–Crippen MR) is 138 cm³/mol. The van der Waals surface area contributed by atoms with Gasteiger partial charge in [-0.05, 0) is 40.6 Å². The number of likely N-dealkylation sites (tertiary alicyclic amines) is 2. The summed E-state index contributed by atoms with van der Waals surface area (Å²) in [5, 5.41) is 13.3. The molecule has 41 heavy (non-hydrogen) atoms. The minimum Gasteiger partial charge on any atom is -0.496 e. The molecule has 2 atom stereocenters. The number of ether oxygens (including phenoxy) is 1. The number of piperidine rings is 1. The molecule has 1 N–H and O–H groups in total. The highest BCUT2D eigenvalue weighted by atomic mass is 19.4. The molecule has 3 amide bonds. The number of nitrogens with one attached hydrogen (secondary N) is 1. The Labute approximate surface area is 233 Å². The minimum atomic E-state index is -4.73. The maximum absolute atomic E-state index is 13.4. The number of rotatable bonds is 8. The van der Waals surface area contributed by atoms with Gasteiger partial charge >= 0.3 is 6.18 Å². The number of imide groups is 1. The van der Waals surface area contributed by atoms with E-state index < -0.39 is 12.0 Å². The summed E-state index contributed by atoms with van der Waals surface area (Å²) in [4.78, 5) is 39.8. The van der Waals surface area contributed by atoms with E-state index in [0.29, 0.717) is 35.5 Å². The Morgan fingerprint density at radius 3 is 2.51 bits per heavy atom. The van der Waals surface area contributed by atoms with Crippen molar-refractivity contribution in [2.45, 2.75) is 43.9 Å². The van der Waals surface area contributed by atoms with Gasteiger partial charge in [-0.15, -0.1) is 5.10 Å². The van der Waals surface area contributed by atoms with Gasteiger partial charge in [-0.2, -0.15) is 17.9 Å². The van der Waals surface area contributed by atoms with E-state index in [1.807, 2.05) is 30.3 Å². The quantitative estimate of drug-likeness (QED) is 0.409. The van der Waals surface area contributed by atoms with Gasteiger partial charge in [0.05, 0.1) is 12.8 Å². The number of aromatic nitrogens is 4. The highest BCUT2D eigenvalue weighted by molar-refractivity contribution is 6.04. The predicted octanol–water partition coefficient (Wildman–Crippen LogP) is 2.31. The third-order valence-electron chi connectivity index (χ3n) is 7.43. The van der Waals surface area contributed by atoms with Crippen molar-refractivity contribution in [3.05, 3.63) is 65.5 Å². The van der Waals surface area contributed by atoms with Crippen molar-refractivity contribution < 1.29 is 32.3 Å². The molecule has 14 heteroatoms. The molecule has 2 aromatic carbocycles. The van der Waals surface area contributed by atoms with Crippen LogP contribution in [0.4, 0.5) is 13.2 Å². The van der Waals surface area contributed by atoms with Crippen molar-refractivity contribution in [1.82, 2.24) is 35.3 Å². The number of alkyl halides is 3. The summed E-state index contributed by atoms with van der Waals surface area (Å²) < 4.78 is 46.2. The number of carbonyl (C=O) groups excluding carboxylic acids is 3. The molecule has 0 unspecified atom stereocenters. The molecule has 2 fully saturated rings. The Kier molecular flexibility index (Phi) is 8.01. The van der Waals surface area contributed by atoms with Crippen LogP contribution in [0, 0.1) is 0 Å². The number of hydrogen-bond donors (Lipinski definition) is 1. The number of nitrogens with zero attached hydrogens (tertiary/aromatic N) is 6. The largest absolute Gasteiger partial charge is 0.496 e. The van der Waals surface area contributed by atoms with Crippen LogP contribution in [-0.2, 0) is 27.1 Å². The van der Waals surface area contributed by atoms with Crippen molar-refractivity contribution in [3.8, 4) is 11.4 Å². The molecule has 0 saturated carbocycles. The fourth-order valence-corrected chi connectivity index (χ4v) is 5.31. The number of hydrogen-bond acceptors (Lipinski definition) is 8. The molecule has 3 heterocycles. The Morgan fingerprint density at radius 2 is 1.83 bits per heavy atom. The van der Waals surface area contributed by atoms with Crippen LogP contribution in [0.1, 0.15) is 42.1 Å². The molecule has 216 valence electrons. The molecule has 0 radical (unpaired) electrons. The van der Waals surface area contributed by atoms with Crippen LogP contribution >= 0.6 is 0 Å².